The number of hydrogen-bond acceptors (Lipinski definition) is 7. The molecule has 0 aliphatic heterocycles. The van der Waals surface area contributed by atoms with Crippen molar-refractivity contribution in [2.45, 2.75) is 4.90 Å². The van der Waals surface area contributed by atoms with E-state index in [0.717, 1.165) is 10.9 Å². The van der Waals surface area contributed by atoms with E-state index in [9.17, 15) is 9.00 Å². The van der Waals surface area contributed by atoms with E-state index in [0.29, 0.717) is 38.7 Å². The maximum absolute atomic E-state index is 12.8. The number of nitrogens with one attached hydrogen (secondary N) is 3. The minimum Gasteiger partial charge on any atom is -0.362 e. The minimum atomic E-state index is -1.88. The maximum Gasteiger partial charge on any atom is 0.267 e. The van der Waals surface area contributed by atoms with Gasteiger partial charge in [-0.2, -0.15) is 5.10 Å². The summed E-state index contributed by atoms with van der Waals surface area (Å²) >= 11 is 6.50. The van der Waals surface area contributed by atoms with Crippen LogP contribution in [0.2, 0.25) is 5.02 Å². The summed E-state index contributed by atoms with van der Waals surface area (Å²) in [6, 6.07) is 14.6. The fourth-order valence-corrected chi connectivity index (χ4v) is 4.84. The Labute approximate surface area is 204 Å². The van der Waals surface area contributed by atoms with E-state index in [1.54, 1.807) is 12.3 Å². The lowest BCUT2D eigenvalue weighted by Crippen LogP contribution is -2.18. The van der Waals surface area contributed by atoms with Crippen LogP contribution in [-0.4, -0.2) is 34.5 Å². The summed E-state index contributed by atoms with van der Waals surface area (Å²) in [5.74, 6) is 0. The topological polar surface area (TPSA) is 142 Å². The van der Waals surface area contributed by atoms with Crippen LogP contribution in [0.15, 0.2) is 81.4 Å². The van der Waals surface area contributed by atoms with Gasteiger partial charge < -0.3 is 9.51 Å². The van der Waals surface area contributed by atoms with Crippen molar-refractivity contribution in [2.75, 3.05) is 4.72 Å². The number of aromatic nitrogens is 6. The molecule has 0 radical (unpaired) electrons. The van der Waals surface area contributed by atoms with E-state index in [1.165, 1.54) is 18.5 Å². The molecule has 0 fully saturated rings. The third-order valence-corrected chi connectivity index (χ3v) is 6.73. The lowest BCUT2D eigenvalue weighted by atomic mass is 10.0. The second kappa shape index (κ2) is 8.46. The maximum atomic E-state index is 12.8. The van der Waals surface area contributed by atoms with E-state index in [-0.39, 0.29) is 10.5 Å². The predicted octanol–water partition coefficient (Wildman–Crippen LogP) is 4.30. The normalized spacial score (nSPS) is 12.3. The van der Waals surface area contributed by atoms with Gasteiger partial charge >= 0.3 is 0 Å². The van der Waals surface area contributed by atoms with Crippen LogP contribution >= 0.6 is 11.6 Å². The average Bonchev–Trinajstić information content (AvgIpc) is 3.56. The van der Waals surface area contributed by atoms with Gasteiger partial charge in [0.05, 0.1) is 34.3 Å². The first kappa shape index (κ1) is 21.2. The van der Waals surface area contributed by atoms with Gasteiger partial charge in [-0.1, -0.05) is 47.1 Å². The SMILES string of the molecule is O=c1[nH]c2nc(-c3ccccc3)c(-c3cc(Cl)c4[nH]ncc4c3)nc2cc1S(=O)Nc1cnoc1. The molecule has 0 bridgehead atoms. The van der Waals surface area contributed by atoms with E-state index >= 15 is 0 Å². The molecule has 0 aliphatic rings. The van der Waals surface area contributed by atoms with Gasteiger partial charge in [-0.05, 0) is 18.2 Å². The summed E-state index contributed by atoms with van der Waals surface area (Å²) in [6.45, 7) is 0. The second-order valence-corrected chi connectivity index (χ2v) is 9.15. The quantitative estimate of drug-likeness (QED) is 0.318. The first-order valence-electron chi connectivity index (χ1n) is 10.3. The number of rotatable bonds is 5. The fraction of sp³-hybridized carbons (Fsp3) is 0. The van der Waals surface area contributed by atoms with Crippen LogP contribution < -0.4 is 10.3 Å². The number of hydrogen-bond donors (Lipinski definition) is 3. The number of H-pyrrole nitrogens is 2. The Morgan fingerprint density at radius 3 is 2.63 bits per heavy atom. The molecule has 1 atom stereocenters. The molecule has 0 aliphatic carbocycles. The minimum absolute atomic E-state index is 0.0188. The highest BCUT2D eigenvalue weighted by Gasteiger charge is 2.18. The lowest BCUT2D eigenvalue weighted by molar-refractivity contribution is 0.420. The fourth-order valence-electron chi connectivity index (χ4n) is 3.70. The highest BCUT2D eigenvalue weighted by molar-refractivity contribution is 7.86. The molecule has 4 heterocycles. The van der Waals surface area contributed by atoms with Crippen molar-refractivity contribution in [3.8, 4) is 22.5 Å². The Kier molecular flexibility index (Phi) is 5.12. The molecular weight excluding hydrogens is 490 g/mol. The Morgan fingerprint density at radius 1 is 1.00 bits per heavy atom. The van der Waals surface area contributed by atoms with Crippen molar-refractivity contribution < 1.29 is 8.73 Å². The number of fused-ring (bicyclic) bond motifs is 2. The zero-order valence-electron chi connectivity index (χ0n) is 17.7. The zero-order chi connectivity index (χ0) is 23.9. The number of nitrogens with zero attached hydrogens (tertiary/aromatic N) is 4. The van der Waals surface area contributed by atoms with E-state index in [1.807, 2.05) is 36.4 Å². The molecule has 0 saturated heterocycles. The third-order valence-electron chi connectivity index (χ3n) is 5.31. The Morgan fingerprint density at radius 2 is 1.83 bits per heavy atom. The number of benzene rings is 2. The van der Waals surface area contributed by atoms with Gasteiger partial charge in [-0.3, -0.25) is 14.6 Å². The van der Waals surface area contributed by atoms with Crippen molar-refractivity contribution in [1.82, 2.24) is 30.3 Å². The Bertz CT molecular complexity index is 1780. The molecular formula is C23H14ClN7O3S. The first-order valence-corrected chi connectivity index (χ1v) is 11.8. The van der Waals surface area contributed by atoms with Crippen LogP contribution in [0.25, 0.3) is 44.6 Å². The molecule has 172 valence electrons. The first-order chi connectivity index (χ1) is 17.1. The van der Waals surface area contributed by atoms with Crippen LogP contribution in [0.3, 0.4) is 0 Å². The Balaban J connectivity index is 1.56. The third kappa shape index (κ3) is 3.86. The van der Waals surface area contributed by atoms with E-state index < -0.39 is 16.5 Å². The molecule has 10 nitrogen and oxygen atoms in total. The summed E-state index contributed by atoms with van der Waals surface area (Å²) in [4.78, 5) is 25.0. The number of aromatic amines is 2. The molecule has 0 saturated carbocycles. The van der Waals surface area contributed by atoms with Crippen molar-refractivity contribution in [3.63, 3.8) is 0 Å². The van der Waals surface area contributed by atoms with Gasteiger partial charge in [0, 0.05) is 16.5 Å². The highest BCUT2D eigenvalue weighted by atomic mass is 35.5. The van der Waals surface area contributed by atoms with E-state index in [4.69, 9.17) is 26.1 Å². The van der Waals surface area contributed by atoms with Crippen LogP contribution in [-0.2, 0) is 11.0 Å². The van der Waals surface area contributed by atoms with Crippen LogP contribution in [0.4, 0.5) is 5.69 Å². The molecule has 6 aromatic rings. The summed E-state index contributed by atoms with van der Waals surface area (Å²) < 4.78 is 20.2. The van der Waals surface area contributed by atoms with Gasteiger partial charge in [0.25, 0.3) is 5.56 Å². The summed E-state index contributed by atoms with van der Waals surface area (Å²) in [7, 11) is -1.88. The van der Waals surface area contributed by atoms with Crippen molar-refractivity contribution in [1.29, 1.82) is 0 Å². The highest BCUT2D eigenvalue weighted by Crippen LogP contribution is 2.34. The molecule has 4 aromatic heterocycles. The second-order valence-electron chi connectivity index (χ2n) is 7.56. The zero-order valence-corrected chi connectivity index (χ0v) is 19.2. The number of anilines is 1. The van der Waals surface area contributed by atoms with Crippen molar-refractivity contribution in [3.05, 3.63) is 82.6 Å². The molecule has 2 aromatic carbocycles. The van der Waals surface area contributed by atoms with Gasteiger partial charge in [-0.25, -0.2) is 14.2 Å². The molecule has 6 rings (SSSR count). The molecule has 1 unspecified atom stereocenters. The average molecular weight is 504 g/mol. The molecule has 0 amide bonds. The van der Waals surface area contributed by atoms with Crippen molar-refractivity contribution in [2.24, 2.45) is 0 Å². The number of pyridine rings is 1. The van der Waals surface area contributed by atoms with Crippen LogP contribution in [0.1, 0.15) is 0 Å². The standard InChI is InChI=1S/C23H14ClN7O3S/c24-16-7-13(6-14-9-25-30-19(14)16)21-20(12-4-2-1-3-5-12)28-22-17(27-21)8-18(23(32)29-22)35(33)31-15-10-26-34-11-15/h1-11,31H,(H,25,30)(H,28,29,32). The predicted molar refractivity (Wildman–Crippen MR) is 132 cm³/mol. The summed E-state index contributed by atoms with van der Waals surface area (Å²) in [6.07, 6.45) is 4.32. The summed E-state index contributed by atoms with van der Waals surface area (Å²) in [5.41, 5.74) is 3.79. The van der Waals surface area contributed by atoms with Crippen LogP contribution in [0, 0.1) is 0 Å². The van der Waals surface area contributed by atoms with Gasteiger partial charge in [0.2, 0.25) is 0 Å². The van der Waals surface area contributed by atoms with Gasteiger partial charge in [0.1, 0.15) is 22.4 Å². The molecule has 3 N–H and O–H groups in total. The Hall–Kier alpha value is -4.35. The van der Waals surface area contributed by atoms with E-state index in [2.05, 4.69) is 25.1 Å². The molecule has 12 heteroatoms. The van der Waals surface area contributed by atoms with Gasteiger partial charge in [0.15, 0.2) is 16.6 Å². The summed E-state index contributed by atoms with van der Waals surface area (Å²) in [5, 5.41) is 11.8. The monoisotopic (exact) mass is 503 g/mol. The molecule has 35 heavy (non-hydrogen) atoms. The lowest BCUT2D eigenvalue weighted by Gasteiger charge is -2.12. The van der Waals surface area contributed by atoms with Gasteiger partial charge in [-0.15, -0.1) is 0 Å². The van der Waals surface area contributed by atoms with Crippen molar-refractivity contribution >= 4 is 50.3 Å². The number of halogens is 1. The molecule has 0 spiro atoms. The smallest absolute Gasteiger partial charge is 0.267 e. The largest absolute Gasteiger partial charge is 0.362 e. The van der Waals surface area contributed by atoms with Crippen LogP contribution in [0.5, 0.6) is 0 Å².